The van der Waals surface area contributed by atoms with Gasteiger partial charge in [0.05, 0.1) is 0 Å². The van der Waals surface area contributed by atoms with E-state index in [0.29, 0.717) is 17.1 Å². The first-order valence-corrected chi connectivity index (χ1v) is 5.25. The third kappa shape index (κ3) is 2.68. The van der Waals surface area contributed by atoms with Gasteiger partial charge >= 0.3 is 0 Å². The molecule has 0 aromatic heterocycles. The van der Waals surface area contributed by atoms with Crippen LogP contribution in [0, 0.1) is 11.3 Å². The highest BCUT2D eigenvalue weighted by Gasteiger charge is 2.30. The van der Waals surface area contributed by atoms with Gasteiger partial charge in [-0.25, -0.2) is 0 Å². The van der Waals surface area contributed by atoms with Crippen LogP contribution in [0.25, 0.3) is 0 Å². The minimum Gasteiger partial charge on any atom is -0.295 e. The van der Waals surface area contributed by atoms with Gasteiger partial charge < -0.3 is 0 Å². The van der Waals surface area contributed by atoms with Crippen molar-refractivity contribution in [3.63, 3.8) is 0 Å². The first-order valence-electron chi connectivity index (χ1n) is 5.25. The fourth-order valence-corrected chi connectivity index (χ4v) is 2.20. The summed E-state index contributed by atoms with van der Waals surface area (Å²) in [5.74, 6) is 0.866. The zero-order chi connectivity index (χ0) is 9.90. The maximum absolute atomic E-state index is 11.2. The molecule has 1 rings (SSSR count). The van der Waals surface area contributed by atoms with Gasteiger partial charge in [0.25, 0.3) is 0 Å². The highest BCUT2D eigenvalue weighted by atomic mass is 16.1. The first-order chi connectivity index (χ1) is 6.06. The van der Waals surface area contributed by atoms with Gasteiger partial charge in [0, 0.05) is 6.42 Å². The van der Waals surface area contributed by atoms with Crippen molar-refractivity contribution in [3.8, 4) is 0 Å². The Bertz CT molecular complexity index is 213. The molecule has 0 saturated heterocycles. The smallest absolute Gasteiger partial charge is 0.155 e. The molecule has 0 saturated carbocycles. The third-order valence-electron chi connectivity index (χ3n) is 3.17. The van der Waals surface area contributed by atoms with Crippen LogP contribution in [0.5, 0.6) is 0 Å². The molecule has 0 aliphatic heterocycles. The summed E-state index contributed by atoms with van der Waals surface area (Å²) < 4.78 is 0. The summed E-state index contributed by atoms with van der Waals surface area (Å²) in [6.45, 7) is 6.78. The fourth-order valence-electron chi connectivity index (χ4n) is 2.20. The van der Waals surface area contributed by atoms with Crippen molar-refractivity contribution in [1.29, 1.82) is 0 Å². The van der Waals surface area contributed by atoms with E-state index in [9.17, 15) is 4.79 Å². The Hall–Kier alpha value is -0.590. The topological polar surface area (TPSA) is 17.1 Å². The van der Waals surface area contributed by atoms with Gasteiger partial charge in [-0.15, -0.1) is 0 Å². The molecule has 0 fully saturated rings. The van der Waals surface area contributed by atoms with Crippen molar-refractivity contribution in [2.24, 2.45) is 11.3 Å². The molecule has 0 aromatic carbocycles. The standard InChI is InChI=1S/C12H20O/c1-4-8-12(2,3)10-6-5-7-11(13)9-10/h5,7,10H,4,6,8-9H2,1-3H3. The van der Waals surface area contributed by atoms with Crippen molar-refractivity contribution in [2.75, 3.05) is 0 Å². The summed E-state index contributed by atoms with van der Waals surface area (Å²) in [6, 6.07) is 0. The summed E-state index contributed by atoms with van der Waals surface area (Å²) in [5, 5.41) is 0. The summed E-state index contributed by atoms with van der Waals surface area (Å²) in [6.07, 6.45) is 8.04. The normalized spacial score (nSPS) is 23.6. The molecule has 1 atom stereocenters. The Morgan fingerprint density at radius 3 is 2.77 bits per heavy atom. The van der Waals surface area contributed by atoms with E-state index in [1.807, 2.05) is 6.08 Å². The predicted octanol–water partition coefficient (Wildman–Crippen LogP) is 3.35. The summed E-state index contributed by atoms with van der Waals surface area (Å²) in [7, 11) is 0. The van der Waals surface area contributed by atoms with E-state index in [0.717, 1.165) is 12.8 Å². The van der Waals surface area contributed by atoms with Crippen molar-refractivity contribution >= 4 is 5.78 Å². The Balaban J connectivity index is 2.61. The van der Waals surface area contributed by atoms with Gasteiger partial charge in [-0.05, 0) is 30.3 Å². The molecular formula is C12H20O. The first kappa shape index (κ1) is 10.5. The third-order valence-corrected chi connectivity index (χ3v) is 3.17. The van der Waals surface area contributed by atoms with Crippen LogP contribution in [-0.2, 0) is 4.79 Å². The number of carbonyl (C=O) groups excluding carboxylic acids is 1. The molecule has 0 radical (unpaired) electrons. The van der Waals surface area contributed by atoms with Gasteiger partial charge in [0.1, 0.15) is 0 Å². The lowest BCUT2D eigenvalue weighted by Crippen LogP contribution is -2.27. The second-order valence-electron chi connectivity index (χ2n) is 4.74. The Morgan fingerprint density at radius 2 is 2.23 bits per heavy atom. The molecule has 1 unspecified atom stereocenters. The lowest BCUT2D eigenvalue weighted by molar-refractivity contribution is -0.116. The number of ketones is 1. The van der Waals surface area contributed by atoms with Crippen LogP contribution in [0.1, 0.15) is 46.5 Å². The second kappa shape index (κ2) is 4.08. The average Bonchev–Trinajstić information content (AvgIpc) is 2.04. The van der Waals surface area contributed by atoms with Crippen molar-refractivity contribution < 1.29 is 4.79 Å². The van der Waals surface area contributed by atoms with E-state index in [2.05, 4.69) is 20.8 Å². The highest BCUT2D eigenvalue weighted by molar-refractivity contribution is 5.90. The largest absolute Gasteiger partial charge is 0.295 e. The zero-order valence-corrected chi connectivity index (χ0v) is 8.97. The molecule has 0 N–H and O–H groups in total. The van der Waals surface area contributed by atoms with Crippen LogP contribution >= 0.6 is 0 Å². The van der Waals surface area contributed by atoms with Crippen molar-refractivity contribution in [3.05, 3.63) is 12.2 Å². The molecule has 0 bridgehead atoms. The fraction of sp³-hybridized carbons (Fsp3) is 0.750. The summed E-state index contributed by atoms with van der Waals surface area (Å²) in [5.41, 5.74) is 0.329. The molecular weight excluding hydrogens is 160 g/mol. The lowest BCUT2D eigenvalue weighted by atomic mass is 9.70. The predicted molar refractivity (Wildman–Crippen MR) is 55.6 cm³/mol. The Morgan fingerprint density at radius 1 is 1.54 bits per heavy atom. The van der Waals surface area contributed by atoms with Crippen LogP contribution in [0.3, 0.4) is 0 Å². The van der Waals surface area contributed by atoms with E-state index >= 15 is 0 Å². The number of rotatable bonds is 3. The maximum atomic E-state index is 11.2. The van der Waals surface area contributed by atoms with Gasteiger partial charge in [0.2, 0.25) is 0 Å². The zero-order valence-electron chi connectivity index (χ0n) is 8.97. The summed E-state index contributed by atoms with van der Waals surface area (Å²) in [4.78, 5) is 11.2. The molecule has 0 aromatic rings. The van der Waals surface area contributed by atoms with E-state index in [1.165, 1.54) is 12.8 Å². The van der Waals surface area contributed by atoms with E-state index in [1.54, 1.807) is 6.08 Å². The molecule has 1 heteroatoms. The Labute approximate surface area is 81.2 Å². The van der Waals surface area contributed by atoms with E-state index in [4.69, 9.17) is 0 Å². The Kier molecular flexibility index (Phi) is 3.29. The molecule has 1 nitrogen and oxygen atoms in total. The molecule has 13 heavy (non-hydrogen) atoms. The average molecular weight is 180 g/mol. The molecule has 0 spiro atoms. The number of hydrogen-bond donors (Lipinski definition) is 0. The number of hydrogen-bond acceptors (Lipinski definition) is 1. The van der Waals surface area contributed by atoms with Gasteiger partial charge in [-0.3, -0.25) is 4.79 Å². The minimum absolute atomic E-state index is 0.306. The van der Waals surface area contributed by atoms with E-state index < -0.39 is 0 Å². The molecule has 1 aliphatic carbocycles. The quantitative estimate of drug-likeness (QED) is 0.651. The molecule has 0 heterocycles. The molecule has 0 amide bonds. The lowest BCUT2D eigenvalue weighted by Gasteiger charge is -2.34. The van der Waals surface area contributed by atoms with E-state index in [-0.39, 0.29) is 0 Å². The van der Waals surface area contributed by atoms with Crippen molar-refractivity contribution in [1.82, 2.24) is 0 Å². The minimum atomic E-state index is 0.306. The SMILES string of the molecule is CCCC(C)(C)C1CC=CC(=O)C1. The van der Waals surface area contributed by atoms with Gasteiger partial charge in [-0.1, -0.05) is 33.3 Å². The number of carbonyl (C=O) groups is 1. The van der Waals surface area contributed by atoms with Crippen LogP contribution in [0.2, 0.25) is 0 Å². The monoisotopic (exact) mass is 180 g/mol. The number of allylic oxidation sites excluding steroid dienone is 2. The van der Waals surface area contributed by atoms with Gasteiger partial charge in [0.15, 0.2) is 5.78 Å². The van der Waals surface area contributed by atoms with Gasteiger partial charge in [-0.2, -0.15) is 0 Å². The van der Waals surface area contributed by atoms with Crippen LogP contribution < -0.4 is 0 Å². The molecule has 1 aliphatic rings. The molecule has 74 valence electrons. The second-order valence-corrected chi connectivity index (χ2v) is 4.74. The van der Waals surface area contributed by atoms with Crippen LogP contribution in [-0.4, -0.2) is 5.78 Å². The van der Waals surface area contributed by atoms with Crippen molar-refractivity contribution in [2.45, 2.75) is 46.5 Å². The summed E-state index contributed by atoms with van der Waals surface area (Å²) >= 11 is 0. The maximum Gasteiger partial charge on any atom is 0.155 e. The highest BCUT2D eigenvalue weighted by Crippen LogP contribution is 2.38. The van der Waals surface area contributed by atoms with Crippen LogP contribution in [0.15, 0.2) is 12.2 Å². The van der Waals surface area contributed by atoms with Crippen LogP contribution in [0.4, 0.5) is 0 Å².